The SMILES string of the molecule is NNc1ncc(Br)cc1C(=O)NCc1ncn[nH]1. The minimum absolute atomic E-state index is 0.245. The van der Waals surface area contributed by atoms with E-state index in [9.17, 15) is 4.79 Å². The van der Waals surface area contributed by atoms with Crippen molar-refractivity contribution < 1.29 is 4.79 Å². The lowest BCUT2D eigenvalue weighted by Crippen LogP contribution is -2.25. The van der Waals surface area contributed by atoms with Crippen LogP contribution >= 0.6 is 15.9 Å². The molecule has 0 aliphatic carbocycles. The lowest BCUT2D eigenvalue weighted by atomic mass is 10.2. The molecule has 0 aliphatic rings. The first kappa shape index (κ1) is 12.5. The average Bonchev–Trinajstić information content (AvgIpc) is 2.89. The maximum atomic E-state index is 11.9. The summed E-state index contributed by atoms with van der Waals surface area (Å²) in [5.74, 6) is 5.84. The van der Waals surface area contributed by atoms with E-state index in [2.05, 4.69) is 46.8 Å². The van der Waals surface area contributed by atoms with Gasteiger partial charge in [-0.3, -0.25) is 9.89 Å². The predicted octanol–water partition coefficient (Wildman–Crippen LogP) is 0.178. The number of hydrogen-bond acceptors (Lipinski definition) is 6. The van der Waals surface area contributed by atoms with E-state index >= 15 is 0 Å². The van der Waals surface area contributed by atoms with Crippen molar-refractivity contribution in [2.45, 2.75) is 6.54 Å². The number of halogens is 1. The Morgan fingerprint density at radius 3 is 3.00 bits per heavy atom. The van der Waals surface area contributed by atoms with E-state index in [1.165, 1.54) is 6.33 Å². The third-order valence-electron chi connectivity index (χ3n) is 2.12. The summed E-state index contributed by atoms with van der Waals surface area (Å²) in [7, 11) is 0. The van der Waals surface area contributed by atoms with Crippen LogP contribution in [0.5, 0.6) is 0 Å². The number of nitrogens with zero attached hydrogens (tertiary/aromatic N) is 3. The monoisotopic (exact) mass is 311 g/mol. The molecule has 0 saturated heterocycles. The van der Waals surface area contributed by atoms with Gasteiger partial charge < -0.3 is 10.7 Å². The summed E-state index contributed by atoms with van der Waals surface area (Å²) in [5.41, 5.74) is 2.71. The first-order valence-corrected chi connectivity index (χ1v) is 5.74. The molecule has 94 valence electrons. The van der Waals surface area contributed by atoms with Gasteiger partial charge in [0.2, 0.25) is 0 Å². The number of H-pyrrole nitrogens is 1. The minimum Gasteiger partial charge on any atom is -0.345 e. The molecule has 9 heteroatoms. The Labute approximate surface area is 110 Å². The summed E-state index contributed by atoms with van der Waals surface area (Å²) in [6.07, 6.45) is 2.91. The number of hydrogen-bond donors (Lipinski definition) is 4. The molecular formula is C9H10BrN7O. The molecule has 0 unspecified atom stereocenters. The highest BCUT2D eigenvalue weighted by molar-refractivity contribution is 9.10. The highest BCUT2D eigenvalue weighted by atomic mass is 79.9. The van der Waals surface area contributed by atoms with E-state index in [4.69, 9.17) is 5.84 Å². The Bertz CT molecular complexity index is 542. The number of pyridine rings is 1. The van der Waals surface area contributed by atoms with E-state index < -0.39 is 0 Å². The van der Waals surface area contributed by atoms with Crippen LogP contribution in [-0.2, 0) is 6.54 Å². The number of aromatic nitrogens is 4. The highest BCUT2D eigenvalue weighted by Gasteiger charge is 2.13. The van der Waals surface area contributed by atoms with Crippen molar-refractivity contribution in [2.75, 3.05) is 5.43 Å². The summed E-state index contributed by atoms with van der Waals surface area (Å²) >= 11 is 3.24. The molecule has 2 aromatic rings. The number of nitrogens with two attached hydrogens (primary N) is 1. The van der Waals surface area contributed by atoms with Crippen molar-refractivity contribution in [3.8, 4) is 0 Å². The van der Waals surface area contributed by atoms with Crippen LogP contribution in [0.25, 0.3) is 0 Å². The van der Waals surface area contributed by atoms with Gasteiger partial charge in [-0.05, 0) is 22.0 Å². The molecule has 2 aromatic heterocycles. The van der Waals surface area contributed by atoms with Crippen LogP contribution in [0.1, 0.15) is 16.2 Å². The molecule has 5 N–H and O–H groups in total. The van der Waals surface area contributed by atoms with Gasteiger partial charge in [0, 0.05) is 10.7 Å². The largest absolute Gasteiger partial charge is 0.345 e. The zero-order chi connectivity index (χ0) is 13.0. The van der Waals surface area contributed by atoms with Crippen molar-refractivity contribution in [1.29, 1.82) is 0 Å². The molecule has 0 spiro atoms. The van der Waals surface area contributed by atoms with Gasteiger partial charge in [-0.2, -0.15) is 5.10 Å². The second kappa shape index (κ2) is 5.56. The third kappa shape index (κ3) is 2.81. The van der Waals surface area contributed by atoms with Crippen LogP contribution < -0.4 is 16.6 Å². The van der Waals surface area contributed by atoms with Gasteiger partial charge >= 0.3 is 0 Å². The Kier molecular flexibility index (Phi) is 3.85. The van der Waals surface area contributed by atoms with E-state index in [0.717, 1.165) is 0 Å². The molecule has 0 aromatic carbocycles. The van der Waals surface area contributed by atoms with Crippen LogP contribution in [0.4, 0.5) is 5.82 Å². The van der Waals surface area contributed by atoms with Gasteiger partial charge in [-0.25, -0.2) is 15.8 Å². The lowest BCUT2D eigenvalue weighted by molar-refractivity contribution is 0.0950. The van der Waals surface area contributed by atoms with Crippen LogP contribution in [0.15, 0.2) is 23.1 Å². The van der Waals surface area contributed by atoms with Crippen molar-refractivity contribution in [1.82, 2.24) is 25.5 Å². The van der Waals surface area contributed by atoms with E-state index in [1.54, 1.807) is 12.3 Å². The maximum absolute atomic E-state index is 11.9. The zero-order valence-electron chi connectivity index (χ0n) is 9.14. The number of rotatable bonds is 4. The number of carbonyl (C=O) groups is 1. The standard InChI is InChI=1S/C9H10BrN7O/c10-5-1-6(8(16-11)12-2-5)9(18)13-3-7-14-4-15-17-7/h1-2,4H,3,11H2,(H,12,16)(H,13,18)(H,14,15,17). The number of carbonyl (C=O) groups excluding carboxylic acids is 1. The van der Waals surface area contributed by atoms with Gasteiger partial charge in [-0.1, -0.05) is 0 Å². The number of amides is 1. The maximum Gasteiger partial charge on any atom is 0.255 e. The smallest absolute Gasteiger partial charge is 0.255 e. The van der Waals surface area contributed by atoms with Crippen LogP contribution in [-0.4, -0.2) is 26.1 Å². The molecule has 0 aliphatic heterocycles. The van der Waals surface area contributed by atoms with E-state index in [1.807, 2.05) is 0 Å². The summed E-state index contributed by atoms with van der Waals surface area (Å²) in [6, 6.07) is 1.62. The molecule has 0 fully saturated rings. The number of nitrogen functional groups attached to an aromatic ring is 1. The van der Waals surface area contributed by atoms with Crippen LogP contribution in [0.3, 0.4) is 0 Å². The summed E-state index contributed by atoms with van der Waals surface area (Å²) in [5, 5.41) is 9.00. The first-order chi connectivity index (χ1) is 8.70. The summed E-state index contributed by atoms with van der Waals surface area (Å²) < 4.78 is 0.686. The molecule has 0 atom stereocenters. The molecule has 18 heavy (non-hydrogen) atoms. The molecule has 0 radical (unpaired) electrons. The highest BCUT2D eigenvalue weighted by Crippen LogP contribution is 2.17. The molecular weight excluding hydrogens is 302 g/mol. The quantitative estimate of drug-likeness (QED) is 0.472. The van der Waals surface area contributed by atoms with E-state index in [0.29, 0.717) is 21.7 Å². The van der Waals surface area contributed by atoms with Gasteiger partial charge in [-0.15, -0.1) is 0 Å². The molecule has 1 amide bonds. The zero-order valence-corrected chi connectivity index (χ0v) is 10.7. The summed E-state index contributed by atoms with van der Waals surface area (Å²) in [6.45, 7) is 0.245. The third-order valence-corrected chi connectivity index (χ3v) is 2.55. The molecule has 0 bridgehead atoms. The number of anilines is 1. The fourth-order valence-corrected chi connectivity index (χ4v) is 1.63. The molecule has 8 nitrogen and oxygen atoms in total. The molecule has 0 saturated carbocycles. The second-order valence-corrected chi connectivity index (χ2v) is 4.22. The van der Waals surface area contributed by atoms with Crippen molar-refractivity contribution >= 4 is 27.7 Å². The van der Waals surface area contributed by atoms with Gasteiger partial charge in [0.1, 0.15) is 12.2 Å². The first-order valence-electron chi connectivity index (χ1n) is 4.95. The van der Waals surface area contributed by atoms with Crippen molar-refractivity contribution in [3.63, 3.8) is 0 Å². The lowest BCUT2D eigenvalue weighted by Gasteiger charge is -2.08. The molecule has 2 heterocycles. The Hall–Kier alpha value is -2.00. The number of hydrazine groups is 1. The Morgan fingerprint density at radius 1 is 1.50 bits per heavy atom. The fraction of sp³-hybridized carbons (Fsp3) is 0.111. The predicted molar refractivity (Wildman–Crippen MR) is 67.3 cm³/mol. The average molecular weight is 312 g/mol. The van der Waals surface area contributed by atoms with Crippen molar-refractivity contribution in [2.24, 2.45) is 5.84 Å². The fourth-order valence-electron chi connectivity index (χ4n) is 1.30. The normalized spacial score (nSPS) is 10.1. The van der Waals surface area contributed by atoms with Gasteiger partial charge in [0.15, 0.2) is 5.82 Å². The number of aromatic amines is 1. The Balaban J connectivity index is 2.10. The van der Waals surface area contributed by atoms with Crippen molar-refractivity contribution in [3.05, 3.63) is 34.5 Å². The summed E-state index contributed by atoms with van der Waals surface area (Å²) in [4.78, 5) is 19.8. The molecule has 2 rings (SSSR count). The van der Waals surface area contributed by atoms with Crippen LogP contribution in [0, 0.1) is 0 Å². The van der Waals surface area contributed by atoms with E-state index in [-0.39, 0.29) is 12.5 Å². The van der Waals surface area contributed by atoms with Gasteiger partial charge in [0.05, 0.1) is 12.1 Å². The van der Waals surface area contributed by atoms with Gasteiger partial charge in [0.25, 0.3) is 5.91 Å². The van der Waals surface area contributed by atoms with Crippen LogP contribution in [0.2, 0.25) is 0 Å². The number of nitrogens with one attached hydrogen (secondary N) is 3. The second-order valence-electron chi connectivity index (χ2n) is 3.31. The Morgan fingerprint density at radius 2 is 2.33 bits per heavy atom. The topological polar surface area (TPSA) is 122 Å². The minimum atomic E-state index is -0.312.